The number of benzene rings is 2. The predicted molar refractivity (Wildman–Crippen MR) is 98.7 cm³/mol. The summed E-state index contributed by atoms with van der Waals surface area (Å²) in [5.41, 5.74) is 6.74. The standard InChI is InChI=1S/C20H21F3N2O3/c1-12(11-13-3-5-14(6-4-13)19(27)28-2)17(24)18(26)25-16-9-7-15(8-10-16)20(21,22)23/h3-10,12,17H,11,24H2,1-2H3,(H,25,26)/t12?,17-/m0/s1. The highest BCUT2D eigenvalue weighted by Crippen LogP contribution is 2.29. The van der Waals surface area contributed by atoms with Crippen molar-refractivity contribution >= 4 is 17.6 Å². The molecule has 0 aliphatic heterocycles. The van der Waals surface area contributed by atoms with E-state index in [2.05, 4.69) is 10.1 Å². The second-order valence-electron chi connectivity index (χ2n) is 6.46. The van der Waals surface area contributed by atoms with Crippen molar-refractivity contribution in [1.29, 1.82) is 0 Å². The minimum absolute atomic E-state index is 0.238. The number of esters is 1. The van der Waals surface area contributed by atoms with E-state index in [9.17, 15) is 22.8 Å². The molecule has 2 rings (SSSR count). The minimum atomic E-state index is -4.43. The number of alkyl halides is 3. The van der Waals surface area contributed by atoms with E-state index in [-0.39, 0.29) is 11.6 Å². The average molecular weight is 394 g/mol. The number of rotatable bonds is 6. The van der Waals surface area contributed by atoms with Crippen molar-refractivity contribution in [3.8, 4) is 0 Å². The van der Waals surface area contributed by atoms with E-state index in [1.54, 1.807) is 31.2 Å². The molecule has 0 saturated carbocycles. The molecular formula is C20H21F3N2O3. The van der Waals surface area contributed by atoms with Crippen LogP contribution in [0.25, 0.3) is 0 Å². The molecule has 0 heterocycles. The van der Waals surface area contributed by atoms with E-state index in [1.165, 1.54) is 19.2 Å². The van der Waals surface area contributed by atoms with Gasteiger partial charge >= 0.3 is 12.1 Å². The Morgan fingerprint density at radius 1 is 1.07 bits per heavy atom. The number of ether oxygens (including phenoxy) is 1. The quantitative estimate of drug-likeness (QED) is 0.733. The second-order valence-corrected chi connectivity index (χ2v) is 6.46. The van der Waals surface area contributed by atoms with E-state index >= 15 is 0 Å². The molecule has 0 aromatic heterocycles. The smallest absolute Gasteiger partial charge is 0.416 e. The van der Waals surface area contributed by atoms with E-state index < -0.39 is 29.7 Å². The first kappa shape index (κ1) is 21.4. The van der Waals surface area contributed by atoms with E-state index in [4.69, 9.17) is 5.73 Å². The maximum atomic E-state index is 12.6. The highest BCUT2D eigenvalue weighted by Gasteiger charge is 2.30. The molecule has 0 aliphatic rings. The van der Waals surface area contributed by atoms with Crippen LogP contribution in [0.1, 0.15) is 28.4 Å². The van der Waals surface area contributed by atoms with Gasteiger partial charge in [0, 0.05) is 5.69 Å². The average Bonchev–Trinajstić information content (AvgIpc) is 2.67. The highest BCUT2D eigenvalue weighted by atomic mass is 19.4. The van der Waals surface area contributed by atoms with E-state index in [0.29, 0.717) is 12.0 Å². The monoisotopic (exact) mass is 394 g/mol. The Morgan fingerprint density at radius 2 is 1.64 bits per heavy atom. The van der Waals surface area contributed by atoms with Crippen molar-refractivity contribution in [2.45, 2.75) is 25.6 Å². The van der Waals surface area contributed by atoms with Crippen LogP contribution in [0.2, 0.25) is 0 Å². The van der Waals surface area contributed by atoms with Crippen LogP contribution in [-0.2, 0) is 22.1 Å². The summed E-state index contributed by atoms with van der Waals surface area (Å²) in [7, 11) is 1.30. The number of anilines is 1. The van der Waals surface area contributed by atoms with Crippen molar-refractivity contribution in [1.82, 2.24) is 0 Å². The Hall–Kier alpha value is -2.87. The van der Waals surface area contributed by atoms with Gasteiger partial charge in [0.05, 0.1) is 24.3 Å². The van der Waals surface area contributed by atoms with Gasteiger partial charge in [-0.3, -0.25) is 4.79 Å². The van der Waals surface area contributed by atoms with Crippen LogP contribution in [0.3, 0.4) is 0 Å². The lowest BCUT2D eigenvalue weighted by molar-refractivity contribution is -0.137. The lowest BCUT2D eigenvalue weighted by Crippen LogP contribution is -2.41. The Labute approximate surface area is 160 Å². The zero-order chi connectivity index (χ0) is 20.9. The Morgan fingerprint density at radius 3 is 2.14 bits per heavy atom. The molecule has 1 amide bonds. The number of nitrogens with one attached hydrogen (secondary N) is 1. The summed E-state index contributed by atoms with van der Waals surface area (Å²) in [4.78, 5) is 23.7. The summed E-state index contributed by atoms with van der Waals surface area (Å²) in [6.07, 6.45) is -3.94. The molecule has 0 saturated heterocycles. The molecule has 2 aromatic carbocycles. The molecule has 0 aliphatic carbocycles. The molecule has 2 atom stereocenters. The first-order valence-corrected chi connectivity index (χ1v) is 8.52. The molecule has 5 nitrogen and oxygen atoms in total. The highest BCUT2D eigenvalue weighted by molar-refractivity contribution is 5.94. The zero-order valence-corrected chi connectivity index (χ0v) is 15.4. The van der Waals surface area contributed by atoms with Crippen LogP contribution in [0.15, 0.2) is 48.5 Å². The van der Waals surface area contributed by atoms with Crippen LogP contribution >= 0.6 is 0 Å². The van der Waals surface area contributed by atoms with Crippen molar-refractivity contribution in [3.63, 3.8) is 0 Å². The Balaban J connectivity index is 1.95. The van der Waals surface area contributed by atoms with Gasteiger partial charge in [0.1, 0.15) is 0 Å². The van der Waals surface area contributed by atoms with Gasteiger partial charge in [0.2, 0.25) is 5.91 Å². The number of methoxy groups -OCH3 is 1. The third kappa shape index (κ3) is 5.56. The Bertz CT molecular complexity index is 818. The summed E-state index contributed by atoms with van der Waals surface area (Å²) < 4.78 is 42.4. The van der Waals surface area contributed by atoms with Gasteiger partial charge in [-0.15, -0.1) is 0 Å². The van der Waals surface area contributed by atoms with E-state index in [0.717, 1.165) is 17.7 Å². The van der Waals surface area contributed by atoms with Crippen LogP contribution in [-0.4, -0.2) is 25.0 Å². The minimum Gasteiger partial charge on any atom is -0.465 e. The molecule has 8 heteroatoms. The summed E-state index contributed by atoms with van der Waals surface area (Å²) in [5, 5.41) is 2.53. The fraction of sp³-hybridized carbons (Fsp3) is 0.300. The fourth-order valence-electron chi connectivity index (χ4n) is 2.62. The third-order valence-electron chi connectivity index (χ3n) is 4.33. The maximum absolute atomic E-state index is 12.6. The van der Waals surface area contributed by atoms with E-state index in [1.807, 2.05) is 0 Å². The molecule has 1 unspecified atom stereocenters. The molecule has 3 N–H and O–H groups in total. The predicted octanol–water partition coefficient (Wildman–Crippen LogP) is 3.64. The van der Waals surface area contributed by atoms with Crippen LogP contribution in [0.5, 0.6) is 0 Å². The summed E-state index contributed by atoms with van der Waals surface area (Å²) in [6, 6.07) is 10.1. The lowest BCUT2D eigenvalue weighted by atomic mass is 9.93. The third-order valence-corrected chi connectivity index (χ3v) is 4.33. The molecule has 2 aromatic rings. The molecule has 0 spiro atoms. The van der Waals surface area contributed by atoms with Gasteiger partial charge < -0.3 is 15.8 Å². The number of halogens is 3. The number of hydrogen-bond donors (Lipinski definition) is 2. The SMILES string of the molecule is COC(=O)c1ccc(CC(C)[C@H](N)C(=O)Nc2ccc(C(F)(F)F)cc2)cc1. The number of hydrogen-bond acceptors (Lipinski definition) is 4. The van der Waals surface area contributed by atoms with Crippen LogP contribution in [0.4, 0.5) is 18.9 Å². The van der Waals surface area contributed by atoms with Gasteiger partial charge in [-0.05, 0) is 54.3 Å². The zero-order valence-electron chi connectivity index (χ0n) is 15.4. The number of carbonyl (C=O) groups is 2. The van der Waals surface area contributed by atoms with Gasteiger partial charge in [-0.1, -0.05) is 19.1 Å². The molecule has 28 heavy (non-hydrogen) atoms. The first-order valence-electron chi connectivity index (χ1n) is 8.52. The summed E-state index contributed by atoms with van der Waals surface area (Å²) in [6.45, 7) is 1.80. The summed E-state index contributed by atoms with van der Waals surface area (Å²) >= 11 is 0. The van der Waals surface area contributed by atoms with Crippen molar-refractivity contribution in [2.75, 3.05) is 12.4 Å². The van der Waals surface area contributed by atoms with Gasteiger partial charge in [0.15, 0.2) is 0 Å². The number of nitrogens with two attached hydrogens (primary N) is 1. The van der Waals surface area contributed by atoms with Crippen LogP contribution in [0, 0.1) is 5.92 Å². The van der Waals surface area contributed by atoms with Crippen molar-refractivity contribution in [2.24, 2.45) is 11.7 Å². The topological polar surface area (TPSA) is 81.4 Å². The molecule has 0 radical (unpaired) electrons. The van der Waals surface area contributed by atoms with Crippen LogP contribution < -0.4 is 11.1 Å². The second kappa shape index (κ2) is 8.88. The largest absolute Gasteiger partial charge is 0.465 e. The normalized spacial score (nSPS) is 13.5. The number of amides is 1. The van der Waals surface area contributed by atoms with Gasteiger partial charge in [-0.25, -0.2) is 4.79 Å². The molecule has 0 fully saturated rings. The first-order chi connectivity index (χ1) is 13.1. The van der Waals surface area contributed by atoms with Crippen molar-refractivity contribution < 1.29 is 27.5 Å². The van der Waals surface area contributed by atoms with Crippen molar-refractivity contribution in [3.05, 3.63) is 65.2 Å². The molecule has 0 bridgehead atoms. The van der Waals surface area contributed by atoms with Gasteiger partial charge in [-0.2, -0.15) is 13.2 Å². The number of carbonyl (C=O) groups excluding carboxylic acids is 2. The lowest BCUT2D eigenvalue weighted by Gasteiger charge is -2.20. The Kier molecular flexibility index (Phi) is 6.80. The van der Waals surface area contributed by atoms with Gasteiger partial charge in [0.25, 0.3) is 0 Å². The fourth-order valence-corrected chi connectivity index (χ4v) is 2.62. The molecular weight excluding hydrogens is 373 g/mol. The molecule has 150 valence electrons. The maximum Gasteiger partial charge on any atom is 0.416 e. The summed E-state index contributed by atoms with van der Waals surface area (Å²) in [5.74, 6) is -1.16.